The van der Waals surface area contributed by atoms with Crippen LogP contribution < -0.4 is 5.84 Å². The van der Waals surface area contributed by atoms with E-state index in [2.05, 4.69) is 5.10 Å². The molecule has 0 aliphatic heterocycles. The molecule has 0 atom stereocenters. The molecule has 0 radical (unpaired) electrons. The van der Waals surface area contributed by atoms with E-state index in [1.54, 1.807) is 43.3 Å². The van der Waals surface area contributed by atoms with Crippen molar-refractivity contribution in [2.24, 2.45) is 10.9 Å². The van der Waals surface area contributed by atoms with Gasteiger partial charge in [0.2, 0.25) is 11.6 Å². The number of Topliss-reactive ketones (excluding diaryl/α,β-unsaturated/α-hetero) is 3. The summed E-state index contributed by atoms with van der Waals surface area (Å²) in [7, 11) is 0. The summed E-state index contributed by atoms with van der Waals surface area (Å²) >= 11 is 11.3. The molecule has 7 heteroatoms. The van der Waals surface area contributed by atoms with Gasteiger partial charge in [0.05, 0.1) is 0 Å². The number of hydrogen-bond acceptors (Lipinski definition) is 5. The lowest BCUT2D eigenvalue weighted by Crippen LogP contribution is -2.12. The van der Waals surface area contributed by atoms with Gasteiger partial charge in [-0.2, -0.15) is 5.10 Å². The molecule has 0 fully saturated rings. The summed E-state index contributed by atoms with van der Waals surface area (Å²) < 4.78 is 0. The number of carbonyl (C=O) groups is 3. The van der Waals surface area contributed by atoms with E-state index in [1.165, 1.54) is 19.1 Å². The Kier molecular flexibility index (Phi) is 7.98. The highest BCUT2D eigenvalue weighted by atomic mass is 35.5. The van der Waals surface area contributed by atoms with Gasteiger partial charge in [-0.25, -0.2) is 0 Å². The van der Waals surface area contributed by atoms with Crippen molar-refractivity contribution in [1.82, 2.24) is 0 Å². The quantitative estimate of drug-likeness (QED) is 0.286. The maximum atomic E-state index is 11.4. The number of ketones is 3. The number of benzene rings is 2. The van der Waals surface area contributed by atoms with Crippen molar-refractivity contribution in [2.75, 3.05) is 0 Å². The van der Waals surface area contributed by atoms with Gasteiger partial charge in [-0.3, -0.25) is 14.4 Å². The van der Waals surface area contributed by atoms with Crippen molar-refractivity contribution < 1.29 is 14.4 Å². The number of hydrogen-bond donors (Lipinski definition) is 1. The first-order valence-corrected chi connectivity index (χ1v) is 7.87. The molecule has 130 valence electrons. The summed E-state index contributed by atoms with van der Waals surface area (Å²) in [5.74, 6) is 3.86. The van der Waals surface area contributed by atoms with Gasteiger partial charge in [-0.05, 0) is 55.5 Å². The molecule has 0 aliphatic rings. The highest BCUT2D eigenvalue weighted by Gasteiger charge is 2.10. The normalized spacial score (nSPS) is 10.5. The Hall–Kier alpha value is -2.50. The zero-order valence-electron chi connectivity index (χ0n) is 13.6. The zero-order chi connectivity index (χ0) is 19.0. The molecule has 0 aliphatic carbocycles. The van der Waals surface area contributed by atoms with Gasteiger partial charge in [-0.15, -0.1) is 0 Å². The van der Waals surface area contributed by atoms with Crippen molar-refractivity contribution in [1.29, 1.82) is 0 Å². The van der Waals surface area contributed by atoms with E-state index in [4.69, 9.17) is 29.0 Å². The minimum absolute atomic E-state index is 0.181. The second-order valence-corrected chi connectivity index (χ2v) is 5.82. The first kappa shape index (κ1) is 20.5. The van der Waals surface area contributed by atoms with Crippen molar-refractivity contribution >= 4 is 46.3 Å². The molecule has 0 unspecified atom stereocenters. The molecule has 0 saturated carbocycles. The summed E-state index contributed by atoms with van der Waals surface area (Å²) in [6.45, 7) is 2.81. The van der Waals surface area contributed by atoms with Gasteiger partial charge in [0.1, 0.15) is 5.71 Å². The Morgan fingerprint density at radius 1 is 0.760 bits per heavy atom. The van der Waals surface area contributed by atoms with Gasteiger partial charge in [0.25, 0.3) is 0 Å². The minimum Gasteiger partial charge on any atom is -0.323 e. The topological polar surface area (TPSA) is 89.6 Å². The van der Waals surface area contributed by atoms with Crippen molar-refractivity contribution in [3.05, 3.63) is 69.7 Å². The zero-order valence-corrected chi connectivity index (χ0v) is 15.1. The van der Waals surface area contributed by atoms with Gasteiger partial charge < -0.3 is 5.84 Å². The second kappa shape index (κ2) is 9.71. The van der Waals surface area contributed by atoms with Crippen LogP contribution in [0.2, 0.25) is 10.0 Å². The number of hydrazone groups is 1. The van der Waals surface area contributed by atoms with Gasteiger partial charge in [-0.1, -0.05) is 23.2 Å². The maximum absolute atomic E-state index is 11.4. The number of rotatable bonds is 4. The van der Waals surface area contributed by atoms with Crippen molar-refractivity contribution in [2.45, 2.75) is 13.8 Å². The molecule has 0 bridgehead atoms. The molecule has 2 N–H and O–H groups in total. The highest BCUT2D eigenvalue weighted by molar-refractivity contribution is 6.45. The number of halogens is 2. The fraction of sp³-hybridized carbons (Fsp3) is 0.111. The summed E-state index contributed by atoms with van der Waals surface area (Å²) in [5.41, 5.74) is 1.20. The maximum Gasteiger partial charge on any atom is 0.228 e. The lowest BCUT2D eigenvalue weighted by atomic mass is 10.1. The molecule has 2 aromatic carbocycles. The second-order valence-electron chi connectivity index (χ2n) is 4.94. The predicted molar refractivity (Wildman–Crippen MR) is 99.5 cm³/mol. The third-order valence-corrected chi connectivity index (χ3v) is 3.56. The predicted octanol–water partition coefficient (Wildman–Crippen LogP) is 3.97. The average Bonchev–Trinajstić information content (AvgIpc) is 2.61. The SMILES string of the molecule is C/C(=N/N)C(=O)c1ccc(Cl)cc1.CC(=O)C(=O)c1ccc(Cl)cc1. The standard InChI is InChI=1S/C9H9ClN2O.C9H7ClO2/c1-6(12-11)9(13)7-2-4-8(10)5-3-7;1-6(11)9(12)7-2-4-8(10)5-3-7/h2-5H,11H2,1H3;2-5H,1H3/b12-6-;. The van der Waals surface area contributed by atoms with Crippen LogP contribution in [0.4, 0.5) is 0 Å². The monoisotopic (exact) mass is 378 g/mol. The molecule has 2 aromatic rings. The smallest absolute Gasteiger partial charge is 0.228 e. The van der Waals surface area contributed by atoms with E-state index in [1.807, 2.05) is 0 Å². The molecular weight excluding hydrogens is 363 g/mol. The van der Waals surface area contributed by atoms with Gasteiger partial charge >= 0.3 is 0 Å². The van der Waals surface area contributed by atoms with Crippen LogP contribution in [-0.2, 0) is 4.79 Å². The van der Waals surface area contributed by atoms with Crippen LogP contribution in [0.1, 0.15) is 34.6 Å². The Balaban J connectivity index is 0.000000251. The Morgan fingerprint density at radius 2 is 1.12 bits per heavy atom. The van der Waals surface area contributed by atoms with E-state index in [0.717, 1.165) is 0 Å². The lowest BCUT2D eigenvalue weighted by molar-refractivity contribution is -0.113. The van der Waals surface area contributed by atoms with Crippen LogP contribution in [0.25, 0.3) is 0 Å². The van der Waals surface area contributed by atoms with E-state index < -0.39 is 11.6 Å². The third-order valence-electron chi connectivity index (χ3n) is 3.05. The molecule has 25 heavy (non-hydrogen) atoms. The average molecular weight is 379 g/mol. The third kappa shape index (κ3) is 6.49. The van der Waals surface area contributed by atoms with Crippen LogP contribution in [-0.4, -0.2) is 23.1 Å². The summed E-state index contributed by atoms with van der Waals surface area (Å²) in [5, 5.41) is 4.47. The van der Waals surface area contributed by atoms with Crippen LogP contribution in [0.5, 0.6) is 0 Å². The van der Waals surface area contributed by atoms with Gasteiger partial charge in [0.15, 0.2) is 5.78 Å². The molecule has 2 rings (SSSR count). The van der Waals surface area contributed by atoms with Gasteiger partial charge in [0, 0.05) is 28.1 Å². The molecule has 5 nitrogen and oxygen atoms in total. The van der Waals surface area contributed by atoms with Crippen molar-refractivity contribution in [3.8, 4) is 0 Å². The first-order chi connectivity index (χ1) is 11.8. The molecule has 0 spiro atoms. The minimum atomic E-state index is -0.480. The van der Waals surface area contributed by atoms with Crippen LogP contribution in [0.3, 0.4) is 0 Å². The lowest BCUT2D eigenvalue weighted by Gasteiger charge is -1.98. The Labute approximate surface area is 155 Å². The van der Waals surface area contributed by atoms with Crippen LogP contribution in [0, 0.1) is 0 Å². The number of carbonyl (C=O) groups excluding carboxylic acids is 3. The largest absolute Gasteiger partial charge is 0.323 e. The van der Waals surface area contributed by atoms with Crippen LogP contribution in [0.15, 0.2) is 53.6 Å². The van der Waals surface area contributed by atoms with E-state index in [-0.39, 0.29) is 11.5 Å². The van der Waals surface area contributed by atoms with Crippen LogP contribution >= 0.6 is 23.2 Å². The summed E-state index contributed by atoms with van der Waals surface area (Å²) in [6.07, 6.45) is 0. The molecule has 0 heterocycles. The number of nitrogens with two attached hydrogens (primary N) is 1. The highest BCUT2D eigenvalue weighted by Crippen LogP contribution is 2.11. The summed E-state index contributed by atoms with van der Waals surface area (Å²) in [6, 6.07) is 12.8. The van der Waals surface area contributed by atoms with E-state index >= 15 is 0 Å². The first-order valence-electron chi connectivity index (χ1n) is 7.11. The molecule has 0 amide bonds. The fourth-order valence-corrected chi connectivity index (χ4v) is 1.93. The molecular formula is C18H16Cl2N2O3. The number of nitrogens with zero attached hydrogens (tertiary/aromatic N) is 1. The van der Waals surface area contributed by atoms with E-state index in [0.29, 0.717) is 21.2 Å². The molecule has 0 aromatic heterocycles. The Bertz CT molecular complexity index is 798. The Morgan fingerprint density at radius 3 is 1.44 bits per heavy atom. The fourth-order valence-electron chi connectivity index (χ4n) is 1.67. The molecule has 0 saturated heterocycles. The van der Waals surface area contributed by atoms with E-state index in [9.17, 15) is 14.4 Å². The van der Waals surface area contributed by atoms with Crippen molar-refractivity contribution in [3.63, 3.8) is 0 Å². The summed E-state index contributed by atoms with van der Waals surface area (Å²) in [4.78, 5) is 33.1.